The van der Waals surface area contributed by atoms with Crippen molar-refractivity contribution in [3.63, 3.8) is 0 Å². The number of halogens is 1. The van der Waals surface area contributed by atoms with Gasteiger partial charge < -0.3 is 15.1 Å². The number of benzene rings is 2. The van der Waals surface area contributed by atoms with E-state index in [1.165, 1.54) is 19.1 Å². The molecule has 3 atom stereocenters. The minimum Gasteiger partial charge on any atom is -0.349 e. The average molecular weight is 438 g/mol. The fourth-order valence-electron chi connectivity index (χ4n) is 5.35. The van der Waals surface area contributed by atoms with Crippen LogP contribution in [0.4, 0.5) is 4.39 Å². The zero-order valence-electron chi connectivity index (χ0n) is 19.1. The van der Waals surface area contributed by atoms with Crippen molar-refractivity contribution in [3.05, 3.63) is 70.5 Å². The number of hydrogen-bond acceptors (Lipinski definition) is 3. The van der Waals surface area contributed by atoms with E-state index in [-0.39, 0.29) is 23.7 Å². The highest BCUT2D eigenvalue weighted by atomic mass is 19.1. The molecule has 0 aliphatic carbocycles. The molecule has 3 unspecified atom stereocenters. The first-order chi connectivity index (χ1) is 15.3. The van der Waals surface area contributed by atoms with Crippen LogP contribution in [0.3, 0.4) is 0 Å². The van der Waals surface area contributed by atoms with Gasteiger partial charge in [0.2, 0.25) is 5.91 Å². The fourth-order valence-corrected chi connectivity index (χ4v) is 5.35. The smallest absolute Gasteiger partial charge is 0.254 e. The lowest BCUT2D eigenvalue weighted by Gasteiger charge is -2.25. The third kappa shape index (κ3) is 4.85. The Hall–Kier alpha value is -2.73. The number of carbonyl (C=O) groups is 2. The first-order valence-electron chi connectivity index (χ1n) is 11.4. The summed E-state index contributed by atoms with van der Waals surface area (Å²) in [6, 6.07) is 12.3. The Bertz CT molecular complexity index is 974. The van der Waals surface area contributed by atoms with Crippen LogP contribution in [0.25, 0.3) is 0 Å². The van der Waals surface area contributed by atoms with E-state index in [1.807, 2.05) is 43.0 Å². The molecule has 2 aromatic carbocycles. The molecular formula is C26H32FN3O2. The second-order valence-corrected chi connectivity index (χ2v) is 9.35. The maximum Gasteiger partial charge on any atom is 0.254 e. The van der Waals surface area contributed by atoms with Gasteiger partial charge in [-0.3, -0.25) is 9.59 Å². The van der Waals surface area contributed by atoms with E-state index >= 15 is 0 Å². The number of amides is 2. The van der Waals surface area contributed by atoms with Gasteiger partial charge in [0.05, 0.1) is 6.04 Å². The number of aryl methyl sites for hydroxylation is 2. The molecule has 2 fully saturated rings. The molecule has 32 heavy (non-hydrogen) atoms. The standard InChI is InChI=1S/C26H32FN3O2/c1-17-6-4-7-18(2)25(17)26(32)30-15-21-13-29(14-22(21)16-30)11-10-24(28-19(3)31)20-8-5-9-23(27)12-20/h4-9,12,21-22,24H,10-11,13-16H2,1-3H3,(H,28,31). The quantitative estimate of drug-likeness (QED) is 0.750. The van der Waals surface area contributed by atoms with Gasteiger partial charge in [0.15, 0.2) is 0 Å². The number of carbonyl (C=O) groups excluding carboxylic acids is 2. The lowest BCUT2D eigenvalue weighted by atomic mass is 10.0. The molecular weight excluding hydrogens is 405 g/mol. The monoisotopic (exact) mass is 437 g/mol. The molecule has 1 N–H and O–H groups in total. The van der Waals surface area contributed by atoms with Gasteiger partial charge in [-0.25, -0.2) is 4.39 Å². The minimum atomic E-state index is -0.290. The molecule has 0 spiro atoms. The van der Waals surface area contributed by atoms with E-state index in [2.05, 4.69) is 10.2 Å². The molecule has 2 aromatic rings. The van der Waals surface area contributed by atoms with Gasteiger partial charge in [-0.15, -0.1) is 0 Å². The average Bonchev–Trinajstić information content (AvgIpc) is 3.29. The van der Waals surface area contributed by atoms with E-state index < -0.39 is 0 Å². The lowest BCUT2D eigenvalue weighted by molar-refractivity contribution is -0.119. The van der Waals surface area contributed by atoms with Gasteiger partial charge in [-0.05, 0) is 60.9 Å². The molecule has 0 aromatic heterocycles. The topological polar surface area (TPSA) is 52.7 Å². The maximum absolute atomic E-state index is 13.7. The van der Waals surface area contributed by atoms with Crippen LogP contribution < -0.4 is 5.32 Å². The van der Waals surface area contributed by atoms with Crippen LogP contribution in [0.5, 0.6) is 0 Å². The summed E-state index contributed by atoms with van der Waals surface area (Å²) in [5.74, 6) is 0.715. The van der Waals surface area contributed by atoms with Crippen molar-refractivity contribution in [2.24, 2.45) is 11.8 Å². The van der Waals surface area contributed by atoms with Gasteiger partial charge in [0.1, 0.15) is 5.82 Å². The Morgan fingerprint density at radius 3 is 2.25 bits per heavy atom. The molecule has 6 heteroatoms. The molecule has 170 valence electrons. The van der Waals surface area contributed by atoms with Crippen LogP contribution in [0.2, 0.25) is 0 Å². The van der Waals surface area contributed by atoms with Crippen LogP contribution in [-0.4, -0.2) is 54.3 Å². The number of nitrogens with one attached hydrogen (secondary N) is 1. The van der Waals surface area contributed by atoms with Crippen molar-refractivity contribution in [1.29, 1.82) is 0 Å². The summed E-state index contributed by atoms with van der Waals surface area (Å²) < 4.78 is 13.7. The van der Waals surface area contributed by atoms with Crippen molar-refractivity contribution in [3.8, 4) is 0 Å². The zero-order valence-corrected chi connectivity index (χ0v) is 19.1. The van der Waals surface area contributed by atoms with Crippen molar-refractivity contribution >= 4 is 11.8 Å². The van der Waals surface area contributed by atoms with Gasteiger partial charge >= 0.3 is 0 Å². The maximum atomic E-state index is 13.7. The van der Waals surface area contributed by atoms with E-state index in [4.69, 9.17) is 0 Å². The summed E-state index contributed by atoms with van der Waals surface area (Å²) in [6.07, 6.45) is 0.730. The molecule has 2 aliphatic rings. The van der Waals surface area contributed by atoms with E-state index in [0.29, 0.717) is 11.8 Å². The molecule has 4 rings (SSSR count). The molecule has 2 aliphatic heterocycles. The van der Waals surface area contributed by atoms with E-state index in [0.717, 1.165) is 61.4 Å². The number of rotatable bonds is 6. The molecule has 0 bridgehead atoms. The first kappa shape index (κ1) is 22.5. The number of nitrogens with zero attached hydrogens (tertiary/aromatic N) is 2. The minimum absolute atomic E-state index is 0.113. The summed E-state index contributed by atoms with van der Waals surface area (Å²) in [4.78, 5) is 29.3. The predicted octanol–water partition coefficient (Wildman–Crippen LogP) is 3.71. The van der Waals surface area contributed by atoms with Crippen LogP contribution in [0, 0.1) is 31.5 Å². The van der Waals surface area contributed by atoms with E-state index in [1.54, 1.807) is 6.07 Å². The number of likely N-dealkylation sites (tertiary alicyclic amines) is 2. The summed E-state index contributed by atoms with van der Waals surface area (Å²) in [5.41, 5.74) is 3.72. The van der Waals surface area contributed by atoms with Crippen molar-refractivity contribution in [2.45, 2.75) is 33.2 Å². The van der Waals surface area contributed by atoms with Gasteiger partial charge in [-0.2, -0.15) is 0 Å². The fraction of sp³-hybridized carbons (Fsp3) is 0.462. The van der Waals surface area contributed by atoms with Gasteiger partial charge in [0, 0.05) is 45.2 Å². The highest BCUT2D eigenvalue weighted by molar-refractivity contribution is 5.97. The van der Waals surface area contributed by atoms with Crippen LogP contribution in [0.1, 0.15) is 46.4 Å². The Morgan fingerprint density at radius 2 is 1.66 bits per heavy atom. The Labute approximate surface area is 189 Å². The largest absolute Gasteiger partial charge is 0.349 e. The Balaban J connectivity index is 1.34. The van der Waals surface area contributed by atoms with Crippen LogP contribution >= 0.6 is 0 Å². The molecule has 2 heterocycles. The summed E-state index contributed by atoms with van der Waals surface area (Å²) in [5, 5.41) is 2.96. The molecule has 5 nitrogen and oxygen atoms in total. The molecule has 0 saturated carbocycles. The van der Waals surface area contributed by atoms with E-state index in [9.17, 15) is 14.0 Å². The van der Waals surface area contributed by atoms with Crippen molar-refractivity contribution in [1.82, 2.24) is 15.1 Å². The third-order valence-corrected chi connectivity index (χ3v) is 6.91. The Morgan fingerprint density at radius 1 is 1.03 bits per heavy atom. The van der Waals surface area contributed by atoms with Crippen LogP contribution in [0.15, 0.2) is 42.5 Å². The lowest BCUT2D eigenvalue weighted by Crippen LogP contribution is -2.35. The summed E-state index contributed by atoms with van der Waals surface area (Å²) in [7, 11) is 0. The van der Waals surface area contributed by atoms with Crippen molar-refractivity contribution < 1.29 is 14.0 Å². The molecule has 0 radical (unpaired) electrons. The van der Waals surface area contributed by atoms with Crippen LogP contribution in [-0.2, 0) is 4.79 Å². The zero-order chi connectivity index (χ0) is 22.8. The Kier molecular flexibility index (Phi) is 6.60. The highest BCUT2D eigenvalue weighted by Gasteiger charge is 2.42. The number of hydrogen-bond donors (Lipinski definition) is 1. The van der Waals surface area contributed by atoms with Gasteiger partial charge in [-0.1, -0.05) is 30.3 Å². The molecule has 2 saturated heterocycles. The SMILES string of the molecule is CC(=O)NC(CCN1CC2CN(C(=O)c3c(C)cccc3C)CC2C1)c1cccc(F)c1. The third-order valence-electron chi connectivity index (χ3n) is 6.91. The second kappa shape index (κ2) is 9.41. The highest BCUT2D eigenvalue weighted by Crippen LogP contribution is 2.33. The summed E-state index contributed by atoms with van der Waals surface area (Å²) in [6.45, 7) is 9.84. The first-order valence-corrected chi connectivity index (χ1v) is 11.4. The van der Waals surface area contributed by atoms with Crippen molar-refractivity contribution in [2.75, 3.05) is 32.7 Å². The molecule has 2 amide bonds. The van der Waals surface area contributed by atoms with Gasteiger partial charge in [0.25, 0.3) is 5.91 Å². The predicted molar refractivity (Wildman–Crippen MR) is 123 cm³/mol. The second-order valence-electron chi connectivity index (χ2n) is 9.35. The number of fused-ring (bicyclic) bond motifs is 1. The normalized spacial score (nSPS) is 21.4. The summed E-state index contributed by atoms with van der Waals surface area (Å²) >= 11 is 0.